The van der Waals surface area contributed by atoms with Crippen LogP contribution < -0.4 is 0 Å². The molecule has 3 heteroatoms. The highest BCUT2D eigenvalue weighted by atomic mass is 16.5. The number of aliphatic hydroxyl groups is 1. The number of benzene rings is 1. The van der Waals surface area contributed by atoms with Crippen LogP contribution in [-0.4, -0.2) is 32.0 Å². The van der Waals surface area contributed by atoms with Crippen molar-refractivity contribution in [1.29, 1.82) is 0 Å². The fraction of sp³-hybridized carbons (Fsp3) is 0.571. The fourth-order valence-electron chi connectivity index (χ4n) is 1.77. The Labute approximate surface area is 103 Å². The molecule has 0 bridgehead atoms. The molecule has 0 heterocycles. The summed E-state index contributed by atoms with van der Waals surface area (Å²) in [6.07, 6.45) is -0.564. The summed E-state index contributed by atoms with van der Waals surface area (Å²) < 4.78 is 10.2. The minimum Gasteiger partial charge on any atom is -0.386 e. The zero-order valence-corrected chi connectivity index (χ0v) is 11.1. The average Bonchev–Trinajstić information content (AvgIpc) is 2.29. The first kappa shape index (κ1) is 14.2. The van der Waals surface area contributed by atoms with E-state index in [0.717, 1.165) is 11.1 Å². The van der Waals surface area contributed by atoms with Crippen LogP contribution >= 0.6 is 0 Å². The molecule has 0 saturated carbocycles. The van der Waals surface area contributed by atoms with Crippen molar-refractivity contribution >= 4 is 0 Å². The van der Waals surface area contributed by atoms with Gasteiger partial charge in [0.05, 0.1) is 19.8 Å². The lowest BCUT2D eigenvalue weighted by molar-refractivity contribution is 0.0124. The standard InChI is InChI=1S/C14H22O3/c1-10-7-12(3)13(8-11(10)2)14(15)9-17-6-5-16-4/h7-8,14-15H,5-6,9H2,1-4H3. The van der Waals surface area contributed by atoms with Gasteiger partial charge in [-0.15, -0.1) is 0 Å². The van der Waals surface area contributed by atoms with E-state index in [4.69, 9.17) is 9.47 Å². The largest absolute Gasteiger partial charge is 0.386 e. The van der Waals surface area contributed by atoms with Crippen LogP contribution in [0.15, 0.2) is 12.1 Å². The molecule has 0 amide bonds. The molecule has 0 aliphatic carbocycles. The fourth-order valence-corrected chi connectivity index (χ4v) is 1.77. The first-order valence-electron chi connectivity index (χ1n) is 5.88. The van der Waals surface area contributed by atoms with E-state index < -0.39 is 6.10 Å². The van der Waals surface area contributed by atoms with Gasteiger partial charge in [0.1, 0.15) is 6.10 Å². The van der Waals surface area contributed by atoms with E-state index in [1.807, 2.05) is 13.0 Å². The minimum absolute atomic E-state index is 0.312. The first-order chi connectivity index (χ1) is 8.06. The molecule has 3 nitrogen and oxygen atoms in total. The number of aryl methyl sites for hydroxylation is 3. The third-order valence-corrected chi connectivity index (χ3v) is 2.95. The molecule has 0 aliphatic rings. The molecule has 0 spiro atoms. The number of hydrogen-bond donors (Lipinski definition) is 1. The molecule has 0 fully saturated rings. The van der Waals surface area contributed by atoms with Gasteiger partial charge in [-0.25, -0.2) is 0 Å². The molecule has 1 N–H and O–H groups in total. The molecule has 1 unspecified atom stereocenters. The van der Waals surface area contributed by atoms with Crippen LogP contribution in [0.4, 0.5) is 0 Å². The smallest absolute Gasteiger partial charge is 0.103 e. The molecule has 0 saturated heterocycles. The van der Waals surface area contributed by atoms with Crippen LogP contribution in [0.3, 0.4) is 0 Å². The van der Waals surface area contributed by atoms with Gasteiger partial charge in [-0.05, 0) is 43.0 Å². The Morgan fingerprint density at radius 3 is 2.35 bits per heavy atom. The lowest BCUT2D eigenvalue weighted by Gasteiger charge is -2.16. The molecule has 0 radical (unpaired) electrons. The molecule has 1 atom stereocenters. The Kier molecular flexibility index (Phi) is 5.62. The summed E-state index contributed by atoms with van der Waals surface area (Å²) >= 11 is 0. The molecular weight excluding hydrogens is 216 g/mol. The van der Waals surface area contributed by atoms with Crippen LogP contribution in [0.1, 0.15) is 28.4 Å². The van der Waals surface area contributed by atoms with Gasteiger partial charge in [-0.3, -0.25) is 0 Å². The van der Waals surface area contributed by atoms with E-state index in [2.05, 4.69) is 19.9 Å². The van der Waals surface area contributed by atoms with Crippen molar-refractivity contribution < 1.29 is 14.6 Å². The predicted octanol–water partition coefficient (Wildman–Crippen LogP) is 2.31. The van der Waals surface area contributed by atoms with Gasteiger partial charge in [-0.2, -0.15) is 0 Å². The van der Waals surface area contributed by atoms with Gasteiger partial charge in [-0.1, -0.05) is 12.1 Å². The van der Waals surface area contributed by atoms with Crippen LogP contribution in [0.25, 0.3) is 0 Å². The van der Waals surface area contributed by atoms with Crippen molar-refractivity contribution in [3.8, 4) is 0 Å². The van der Waals surface area contributed by atoms with Crippen molar-refractivity contribution in [2.75, 3.05) is 26.9 Å². The van der Waals surface area contributed by atoms with E-state index >= 15 is 0 Å². The zero-order chi connectivity index (χ0) is 12.8. The second-order valence-corrected chi connectivity index (χ2v) is 4.38. The van der Waals surface area contributed by atoms with E-state index in [0.29, 0.717) is 19.8 Å². The normalized spacial score (nSPS) is 12.8. The quantitative estimate of drug-likeness (QED) is 0.773. The molecule has 0 aliphatic heterocycles. The zero-order valence-electron chi connectivity index (χ0n) is 11.1. The van der Waals surface area contributed by atoms with Gasteiger partial charge in [0.2, 0.25) is 0 Å². The Hall–Kier alpha value is -0.900. The Bertz CT molecular complexity index is 361. The molecule has 1 aromatic rings. The molecular formula is C14H22O3. The van der Waals surface area contributed by atoms with Gasteiger partial charge in [0.25, 0.3) is 0 Å². The minimum atomic E-state index is -0.564. The molecule has 1 rings (SSSR count). The second-order valence-electron chi connectivity index (χ2n) is 4.38. The molecule has 0 aromatic heterocycles. The summed E-state index contributed by atoms with van der Waals surface area (Å²) in [5, 5.41) is 10.1. The van der Waals surface area contributed by atoms with Crippen molar-refractivity contribution in [3.63, 3.8) is 0 Å². The van der Waals surface area contributed by atoms with E-state index in [1.165, 1.54) is 11.1 Å². The Morgan fingerprint density at radius 1 is 1.06 bits per heavy atom. The molecule has 17 heavy (non-hydrogen) atoms. The van der Waals surface area contributed by atoms with Gasteiger partial charge < -0.3 is 14.6 Å². The number of methoxy groups -OCH3 is 1. The number of aliphatic hydroxyl groups excluding tert-OH is 1. The second kappa shape index (κ2) is 6.74. The lowest BCUT2D eigenvalue weighted by atomic mass is 9.97. The maximum Gasteiger partial charge on any atom is 0.103 e. The van der Waals surface area contributed by atoms with Gasteiger partial charge >= 0.3 is 0 Å². The van der Waals surface area contributed by atoms with Crippen LogP contribution in [0, 0.1) is 20.8 Å². The summed E-state index contributed by atoms with van der Waals surface area (Å²) in [5.74, 6) is 0. The van der Waals surface area contributed by atoms with Crippen LogP contribution in [0.2, 0.25) is 0 Å². The summed E-state index contributed by atoms with van der Waals surface area (Å²) in [5.41, 5.74) is 4.50. The SMILES string of the molecule is COCCOCC(O)c1cc(C)c(C)cc1C. The van der Waals surface area contributed by atoms with Crippen molar-refractivity contribution in [1.82, 2.24) is 0 Å². The Morgan fingerprint density at radius 2 is 1.71 bits per heavy atom. The topological polar surface area (TPSA) is 38.7 Å². The summed E-state index contributed by atoms with van der Waals surface area (Å²) in [4.78, 5) is 0. The molecule has 96 valence electrons. The van der Waals surface area contributed by atoms with Crippen LogP contribution in [-0.2, 0) is 9.47 Å². The number of rotatable bonds is 6. The monoisotopic (exact) mass is 238 g/mol. The van der Waals surface area contributed by atoms with Crippen molar-refractivity contribution in [3.05, 3.63) is 34.4 Å². The van der Waals surface area contributed by atoms with Crippen molar-refractivity contribution in [2.24, 2.45) is 0 Å². The highest BCUT2D eigenvalue weighted by Crippen LogP contribution is 2.21. The average molecular weight is 238 g/mol. The summed E-state index contributed by atoms with van der Waals surface area (Å²) in [6.45, 7) is 7.52. The lowest BCUT2D eigenvalue weighted by Crippen LogP contribution is -2.12. The van der Waals surface area contributed by atoms with E-state index in [9.17, 15) is 5.11 Å². The number of hydrogen-bond acceptors (Lipinski definition) is 3. The Balaban J connectivity index is 2.62. The van der Waals surface area contributed by atoms with Crippen LogP contribution in [0.5, 0.6) is 0 Å². The maximum absolute atomic E-state index is 10.1. The summed E-state index contributed by atoms with van der Waals surface area (Å²) in [6, 6.07) is 4.14. The molecule has 1 aromatic carbocycles. The highest BCUT2D eigenvalue weighted by molar-refractivity contribution is 5.37. The number of ether oxygens (including phenoxy) is 2. The third-order valence-electron chi connectivity index (χ3n) is 2.95. The first-order valence-corrected chi connectivity index (χ1v) is 5.88. The third kappa shape index (κ3) is 4.11. The van der Waals surface area contributed by atoms with E-state index in [1.54, 1.807) is 7.11 Å². The maximum atomic E-state index is 10.1. The van der Waals surface area contributed by atoms with Crippen molar-refractivity contribution in [2.45, 2.75) is 26.9 Å². The highest BCUT2D eigenvalue weighted by Gasteiger charge is 2.11. The predicted molar refractivity (Wildman–Crippen MR) is 68.3 cm³/mol. The summed E-state index contributed by atoms with van der Waals surface area (Å²) in [7, 11) is 1.63. The van der Waals surface area contributed by atoms with Gasteiger partial charge in [0.15, 0.2) is 0 Å². The van der Waals surface area contributed by atoms with E-state index in [-0.39, 0.29) is 0 Å². The van der Waals surface area contributed by atoms with Gasteiger partial charge in [0, 0.05) is 7.11 Å².